The lowest BCUT2D eigenvalue weighted by atomic mass is 9.87. The summed E-state index contributed by atoms with van der Waals surface area (Å²) < 4.78 is 7.09. The van der Waals surface area contributed by atoms with Crippen LogP contribution in [0.4, 0.5) is 0 Å². The largest absolute Gasteiger partial charge is 0.457 e. The number of hydrogen-bond acceptors (Lipinski definition) is 6. The summed E-state index contributed by atoms with van der Waals surface area (Å²) in [6.07, 6.45) is 5.99. The number of carbonyl (C=O) groups is 2. The molecule has 1 heterocycles. The van der Waals surface area contributed by atoms with Crippen molar-refractivity contribution in [1.82, 2.24) is 9.78 Å². The highest BCUT2D eigenvalue weighted by Crippen LogP contribution is 2.60. The number of thioether (sulfide) groups is 1. The van der Waals surface area contributed by atoms with Gasteiger partial charge in [0.05, 0.1) is 29.0 Å². The molecule has 3 unspecified atom stereocenters. The lowest BCUT2D eigenvalue weighted by molar-refractivity contribution is -0.150. The zero-order valence-electron chi connectivity index (χ0n) is 29.4. The molecule has 2 aliphatic carbocycles. The number of aromatic nitrogens is 2. The minimum atomic E-state index is -0.390. The monoisotopic (exact) mass is 666 g/mol. The van der Waals surface area contributed by atoms with E-state index in [0.717, 1.165) is 21.8 Å². The smallest absolute Gasteiger partial charge is 0.310 e. The topological polar surface area (TPSA) is 78.3 Å². The number of allylic oxidation sites excluding steroid dienone is 4. The van der Waals surface area contributed by atoms with Crippen molar-refractivity contribution in [2.24, 2.45) is 17.3 Å². The molecule has 250 valence electrons. The fourth-order valence-electron chi connectivity index (χ4n) is 5.68. The van der Waals surface area contributed by atoms with E-state index in [4.69, 9.17) is 16.3 Å². The first-order chi connectivity index (χ1) is 21.2. The fourth-order valence-corrected chi connectivity index (χ4v) is 6.82. The molecule has 1 aromatic carbocycles. The van der Waals surface area contributed by atoms with Crippen LogP contribution < -0.4 is 5.56 Å². The first-order valence-electron chi connectivity index (χ1n) is 15.9. The molecule has 0 N–H and O–H groups in total. The van der Waals surface area contributed by atoms with E-state index in [1.54, 1.807) is 12.3 Å². The number of benzene rings is 1. The molecule has 6 nitrogen and oxygen atoms in total. The maximum absolute atomic E-state index is 12.5. The Morgan fingerprint density at radius 3 is 2.26 bits per heavy atom. The van der Waals surface area contributed by atoms with Crippen LogP contribution in [0, 0.1) is 17.3 Å². The molecule has 0 amide bonds. The quantitative estimate of drug-likeness (QED) is 0.159. The van der Waals surface area contributed by atoms with Crippen LogP contribution in [-0.2, 0) is 31.0 Å². The van der Waals surface area contributed by atoms with Crippen LogP contribution in [0.3, 0.4) is 0 Å². The van der Waals surface area contributed by atoms with Crippen molar-refractivity contribution in [2.75, 3.05) is 0 Å². The molecule has 0 spiro atoms. The van der Waals surface area contributed by atoms with Gasteiger partial charge in [-0.1, -0.05) is 88.2 Å². The summed E-state index contributed by atoms with van der Waals surface area (Å²) in [4.78, 5) is 37.5. The second kappa shape index (κ2) is 14.5. The maximum Gasteiger partial charge on any atom is 0.310 e. The molecule has 1 saturated carbocycles. The molecular formula is C38H51ClN2O4S. The van der Waals surface area contributed by atoms with E-state index in [-0.39, 0.29) is 57.0 Å². The van der Waals surface area contributed by atoms with Crippen LogP contribution in [0.1, 0.15) is 100 Å². The summed E-state index contributed by atoms with van der Waals surface area (Å²) in [6.45, 7) is 26.2. The third kappa shape index (κ3) is 8.92. The average molecular weight is 667 g/mol. The lowest BCUT2D eigenvalue weighted by Gasteiger charge is -2.21. The maximum atomic E-state index is 12.5. The van der Waals surface area contributed by atoms with Gasteiger partial charge in [-0.2, -0.15) is 5.10 Å². The number of rotatable bonds is 8. The highest BCUT2D eigenvalue weighted by atomic mass is 35.5. The van der Waals surface area contributed by atoms with Gasteiger partial charge in [0.15, 0.2) is 5.78 Å². The number of carbonyl (C=O) groups excluding carboxylic acids is 2. The van der Waals surface area contributed by atoms with Gasteiger partial charge >= 0.3 is 5.97 Å². The predicted molar refractivity (Wildman–Crippen MR) is 190 cm³/mol. The summed E-state index contributed by atoms with van der Waals surface area (Å²) >= 11 is 7.80. The minimum absolute atomic E-state index is 0.0570. The molecule has 46 heavy (non-hydrogen) atoms. The number of ether oxygens (including phenoxy) is 1. The molecule has 0 saturated heterocycles. The van der Waals surface area contributed by atoms with Crippen molar-refractivity contribution in [2.45, 2.75) is 117 Å². The number of Topliss-reactive ketones (excluding diaryl/α,β-unsaturated/α-hetero) is 1. The van der Waals surface area contributed by atoms with Crippen molar-refractivity contribution in [3.8, 4) is 0 Å². The number of nitrogens with zero attached hydrogens (tertiary/aromatic N) is 2. The van der Waals surface area contributed by atoms with Gasteiger partial charge in [0, 0.05) is 11.3 Å². The van der Waals surface area contributed by atoms with Crippen molar-refractivity contribution in [3.63, 3.8) is 0 Å². The molecule has 0 radical (unpaired) electrons. The molecule has 2 aromatic rings. The van der Waals surface area contributed by atoms with Gasteiger partial charge < -0.3 is 4.74 Å². The number of ketones is 1. The van der Waals surface area contributed by atoms with Gasteiger partial charge in [-0.25, -0.2) is 4.68 Å². The second-order valence-electron chi connectivity index (χ2n) is 15.2. The van der Waals surface area contributed by atoms with E-state index >= 15 is 0 Å². The number of hydrogen-bond donors (Lipinski definition) is 0. The van der Waals surface area contributed by atoms with Crippen molar-refractivity contribution in [1.29, 1.82) is 0 Å². The fraction of sp³-hybridized carbons (Fsp3) is 0.526. The van der Waals surface area contributed by atoms with E-state index < -0.39 is 6.10 Å². The van der Waals surface area contributed by atoms with Gasteiger partial charge in [-0.15, -0.1) is 18.3 Å². The van der Waals surface area contributed by atoms with E-state index in [1.807, 2.05) is 41.5 Å². The van der Waals surface area contributed by atoms with Crippen LogP contribution in [0.25, 0.3) is 0 Å². The standard InChI is InChI=1S/C19H25ClN2OS.C19H26O3/c1-18(2,3)14-9-7-13(8-10-14)12-24-15-11-21-22(19(4,5)6)17(23)16(15)20;1-7-8-13-12(4)16(10-15(13)20)22-18(21)17-14(9-11(2)3)19(17,5)6/h7-11H,12H2,1-6H3;7,9,14,16-17H,1,8,10H2,2-6H3. The molecule has 1 fully saturated rings. The highest BCUT2D eigenvalue weighted by Gasteiger charge is 2.61. The third-order valence-corrected chi connectivity index (χ3v) is 10.3. The van der Waals surface area contributed by atoms with Gasteiger partial charge in [0.2, 0.25) is 0 Å². The Morgan fingerprint density at radius 2 is 1.74 bits per heavy atom. The zero-order chi connectivity index (χ0) is 34.8. The van der Waals surface area contributed by atoms with Crippen molar-refractivity contribution in [3.05, 3.63) is 92.4 Å². The van der Waals surface area contributed by atoms with Crippen LogP contribution >= 0.6 is 23.4 Å². The van der Waals surface area contributed by atoms with Crippen molar-refractivity contribution >= 4 is 35.1 Å². The van der Waals surface area contributed by atoms with Crippen molar-refractivity contribution < 1.29 is 14.3 Å². The number of esters is 1. The molecule has 0 aliphatic heterocycles. The summed E-state index contributed by atoms with van der Waals surface area (Å²) in [5.74, 6) is 0.786. The van der Waals surface area contributed by atoms with Gasteiger partial charge in [-0.05, 0) is 81.4 Å². The highest BCUT2D eigenvalue weighted by molar-refractivity contribution is 7.98. The molecule has 2 aliphatic rings. The van der Waals surface area contributed by atoms with Gasteiger partial charge in [-0.3, -0.25) is 14.4 Å². The molecule has 0 bridgehead atoms. The van der Waals surface area contributed by atoms with Gasteiger partial charge in [0.25, 0.3) is 5.56 Å². The van der Waals surface area contributed by atoms with E-state index in [2.05, 4.69) is 76.6 Å². The van der Waals surface area contributed by atoms with Crippen LogP contribution in [0.5, 0.6) is 0 Å². The predicted octanol–water partition coefficient (Wildman–Crippen LogP) is 9.24. The normalized spacial score (nSPS) is 20.5. The Kier molecular flexibility index (Phi) is 11.8. The number of halogens is 1. The van der Waals surface area contributed by atoms with Crippen LogP contribution in [0.2, 0.25) is 5.02 Å². The van der Waals surface area contributed by atoms with Crippen LogP contribution in [-0.4, -0.2) is 27.6 Å². The summed E-state index contributed by atoms with van der Waals surface area (Å²) in [5.41, 5.74) is 4.83. The Bertz CT molecular complexity index is 1580. The van der Waals surface area contributed by atoms with Gasteiger partial charge in [0.1, 0.15) is 11.1 Å². The lowest BCUT2D eigenvalue weighted by Crippen LogP contribution is -2.36. The average Bonchev–Trinajstić information content (AvgIpc) is 3.37. The summed E-state index contributed by atoms with van der Waals surface area (Å²) in [5, 5.41) is 4.51. The van der Waals surface area contributed by atoms with Crippen LogP contribution in [0.15, 0.2) is 75.6 Å². The second-order valence-corrected chi connectivity index (χ2v) is 16.6. The Labute approximate surface area is 284 Å². The van der Waals surface area contributed by atoms with E-state index in [0.29, 0.717) is 6.42 Å². The van der Waals surface area contributed by atoms with E-state index in [9.17, 15) is 14.4 Å². The van der Waals surface area contributed by atoms with E-state index in [1.165, 1.54) is 33.1 Å². The molecular weight excluding hydrogens is 616 g/mol. The first-order valence-corrected chi connectivity index (χ1v) is 17.3. The molecule has 1 aromatic heterocycles. The minimum Gasteiger partial charge on any atom is -0.457 e. The Morgan fingerprint density at radius 1 is 1.13 bits per heavy atom. The SMILES string of the molecule is C=CCC1=C(C)C(OC(=O)C2C(C=C(C)C)C2(C)C)CC1=O.CC(C)(C)c1ccc(CSc2cnn(C(C)(C)C)c(=O)c2Cl)cc1. The Hall–Kier alpha value is -2.90. The Balaban J connectivity index is 0.000000251. The third-order valence-electron chi connectivity index (χ3n) is 8.69. The molecule has 3 atom stereocenters. The molecule has 8 heteroatoms. The zero-order valence-corrected chi connectivity index (χ0v) is 31.0. The summed E-state index contributed by atoms with van der Waals surface area (Å²) in [6, 6.07) is 8.58. The summed E-state index contributed by atoms with van der Waals surface area (Å²) in [7, 11) is 0. The molecule has 4 rings (SSSR count). The first kappa shape index (κ1) is 37.6.